The van der Waals surface area contributed by atoms with E-state index in [1.807, 2.05) is 38.9 Å². The van der Waals surface area contributed by atoms with Crippen molar-refractivity contribution < 1.29 is 26.7 Å². The van der Waals surface area contributed by atoms with E-state index in [9.17, 15) is 32.0 Å². The Kier molecular flexibility index (Phi) is 6.95. The van der Waals surface area contributed by atoms with Crippen LogP contribution in [-0.4, -0.2) is 52.3 Å². The van der Waals surface area contributed by atoms with Crippen molar-refractivity contribution >= 4 is 11.6 Å². The molecule has 1 N–H and O–H groups in total. The summed E-state index contributed by atoms with van der Waals surface area (Å²) < 4.78 is 69.6. The lowest BCUT2D eigenvalue weighted by Crippen LogP contribution is -2.48. The molecule has 1 aliphatic carbocycles. The Morgan fingerprint density at radius 3 is 2.41 bits per heavy atom. The van der Waals surface area contributed by atoms with Crippen LogP contribution in [0.2, 0.25) is 0 Å². The number of carbonyl (C=O) groups excluding carboxylic acids is 1. The summed E-state index contributed by atoms with van der Waals surface area (Å²) in [5.41, 5.74) is -2.12. The van der Waals surface area contributed by atoms with Crippen molar-refractivity contribution in [1.29, 1.82) is 5.26 Å². The number of halogens is 5. The van der Waals surface area contributed by atoms with E-state index in [0.717, 1.165) is 4.40 Å². The molecule has 6 nitrogen and oxygen atoms in total. The fourth-order valence-corrected chi connectivity index (χ4v) is 3.99. The minimum Gasteiger partial charge on any atom is -0.350 e. The van der Waals surface area contributed by atoms with Gasteiger partial charge in [-0.2, -0.15) is 18.4 Å². The van der Waals surface area contributed by atoms with Crippen molar-refractivity contribution in [2.45, 2.75) is 63.6 Å². The molecule has 0 radical (unpaired) electrons. The lowest BCUT2D eigenvalue weighted by atomic mass is 9.83. The number of likely N-dealkylation sites (N-methyl/N-ethyl adjacent to an activating group) is 1. The molecule has 0 aromatic carbocycles. The van der Waals surface area contributed by atoms with Crippen molar-refractivity contribution in [3.63, 3.8) is 0 Å². The highest BCUT2D eigenvalue weighted by atomic mass is 19.4. The number of amides is 1. The van der Waals surface area contributed by atoms with Gasteiger partial charge in [0.1, 0.15) is 17.4 Å². The molecule has 1 saturated carbocycles. The van der Waals surface area contributed by atoms with Gasteiger partial charge in [-0.1, -0.05) is 0 Å². The molecule has 11 heteroatoms. The number of fused-ring (bicyclic) bond motifs is 1. The molecule has 34 heavy (non-hydrogen) atoms. The number of aromatic nitrogens is 2. The molecule has 1 amide bonds. The van der Waals surface area contributed by atoms with E-state index in [0.29, 0.717) is 0 Å². The summed E-state index contributed by atoms with van der Waals surface area (Å²) in [4.78, 5) is 18.4. The third-order valence-electron chi connectivity index (χ3n) is 6.67. The minimum absolute atomic E-state index is 0.0150. The number of hydrogen-bond donors (Lipinski definition) is 1. The average molecular weight is 486 g/mol. The van der Waals surface area contributed by atoms with E-state index >= 15 is 0 Å². The molecule has 0 unspecified atom stereocenters. The number of hydrogen-bond acceptors (Lipinski definition) is 4. The molecule has 1 aliphatic rings. The number of nitrogens with zero attached hydrogens (tertiary/aromatic N) is 4. The van der Waals surface area contributed by atoms with E-state index in [-0.39, 0.29) is 72.7 Å². The number of pyridine rings is 1. The second-order valence-electron chi connectivity index (χ2n) is 9.73. The van der Waals surface area contributed by atoms with Gasteiger partial charge in [-0.05, 0) is 65.3 Å². The summed E-state index contributed by atoms with van der Waals surface area (Å²) in [6.45, 7) is 4.09. The molecular weight excluding hydrogens is 457 g/mol. The van der Waals surface area contributed by atoms with Crippen LogP contribution in [0.1, 0.15) is 67.0 Å². The number of nitriles is 1. The van der Waals surface area contributed by atoms with Crippen molar-refractivity contribution in [3.8, 4) is 6.07 Å². The van der Waals surface area contributed by atoms with Crippen LogP contribution in [0.25, 0.3) is 5.65 Å². The van der Waals surface area contributed by atoms with Crippen LogP contribution in [0.5, 0.6) is 0 Å². The monoisotopic (exact) mass is 485 g/mol. The molecule has 2 aromatic heterocycles. The fraction of sp³-hybridized carbons (Fsp3) is 0.609. The second-order valence-corrected chi connectivity index (χ2v) is 9.73. The third-order valence-corrected chi connectivity index (χ3v) is 6.67. The normalized spacial score (nSPS) is 17.2. The molecule has 3 rings (SSSR count). The van der Waals surface area contributed by atoms with Crippen LogP contribution >= 0.6 is 0 Å². The van der Waals surface area contributed by atoms with Gasteiger partial charge in [0.05, 0.1) is 5.69 Å². The van der Waals surface area contributed by atoms with E-state index in [2.05, 4.69) is 10.3 Å². The smallest absolute Gasteiger partial charge is 0.350 e. The average Bonchev–Trinajstić information content (AvgIpc) is 3.11. The van der Waals surface area contributed by atoms with Crippen molar-refractivity contribution in [3.05, 3.63) is 34.8 Å². The Hall–Kier alpha value is -2.74. The number of alkyl halides is 5. The predicted molar refractivity (Wildman–Crippen MR) is 116 cm³/mol. The molecule has 0 spiro atoms. The zero-order chi connectivity index (χ0) is 25.5. The number of nitrogens with one attached hydrogen (secondary N) is 1. The molecule has 0 saturated heterocycles. The quantitative estimate of drug-likeness (QED) is 0.604. The molecule has 0 bridgehead atoms. The van der Waals surface area contributed by atoms with Gasteiger partial charge in [-0.15, -0.1) is 0 Å². The first-order chi connectivity index (χ1) is 15.6. The standard InChI is InChI=1S/C23H28F5N5O/c1-21(2,32(3)4)13-30-20(34)15-10-16(12-29)33-17(9-14-5-7-22(24,25)8-6-14)19(23(26,27)28)31-18(33)11-15/h10-11,14H,5-9,13H2,1-4H3,(H,30,34). The maximum atomic E-state index is 13.8. The van der Waals surface area contributed by atoms with Crippen molar-refractivity contribution in [1.82, 2.24) is 19.6 Å². The van der Waals surface area contributed by atoms with Gasteiger partial charge in [0, 0.05) is 30.5 Å². The highest BCUT2D eigenvalue weighted by Crippen LogP contribution is 2.40. The Bertz CT molecular complexity index is 1100. The summed E-state index contributed by atoms with van der Waals surface area (Å²) in [5.74, 6) is -3.73. The first-order valence-electron chi connectivity index (χ1n) is 11.0. The highest BCUT2D eigenvalue weighted by molar-refractivity contribution is 5.95. The van der Waals surface area contributed by atoms with E-state index < -0.39 is 23.7 Å². The molecule has 0 aliphatic heterocycles. The van der Waals surface area contributed by atoms with E-state index in [1.165, 1.54) is 12.1 Å². The first-order valence-corrected chi connectivity index (χ1v) is 11.0. The summed E-state index contributed by atoms with van der Waals surface area (Å²) in [6.07, 6.45) is -5.53. The van der Waals surface area contributed by atoms with Crippen LogP contribution in [0.15, 0.2) is 12.1 Å². The molecule has 1 fully saturated rings. The van der Waals surface area contributed by atoms with Gasteiger partial charge >= 0.3 is 6.18 Å². The molecule has 0 atom stereocenters. The van der Waals surface area contributed by atoms with Crippen LogP contribution in [0.3, 0.4) is 0 Å². The van der Waals surface area contributed by atoms with E-state index in [4.69, 9.17) is 0 Å². The Balaban J connectivity index is 1.99. The second kappa shape index (κ2) is 9.13. The number of rotatable bonds is 6. The lowest BCUT2D eigenvalue weighted by molar-refractivity contribution is -0.141. The van der Waals surface area contributed by atoms with Gasteiger partial charge in [0.15, 0.2) is 5.69 Å². The Morgan fingerprint density at radius 2 is 1.88 bits per heavy atom. The Morgan fingerprint density at radius 1 is 1.26 bits per heavy atom. The lowest BCUT2D eigenvalue weighted by Gasteiger charge is -2.32. The molecular formula is C23H28F5N5O. The Labute approximate surface area is 194 Å². The van der Waals surface area contributed by atoms with Gasteiger partial charge in [0.25, 0.3) is 5.91 Å². The van der Waals surface area contributed by atoms with E-state index in [1.54, 1.807) is 0 Å². The number of imidazole rings is 1. The SMILES string of the molecule is CN(C)C(C)(C)CNC(=O)c1cc(C#N)n2c(CC3CCC(F)(F)CC3)c(C(F)(F)F)nc2c1. The summed E-state index contributed by atoms with van der Waals surface area (Å²) in [6, 6.07) is 4.30. The van der Waals surface area contributed by atoms with Gasteiger partial charge < -0.3 is 10.2 Å². The van der Waals surface area contributed by atoms with Crippen molar-refractivity contribution in [2.75, 3.05) is 20.6 Å². The molecule has 2 heterocycles. The minimum atomic E-state index is -4.80. The van der Waals surface area contributed by atoms with Crippen LogP contribution < -0.4 is 5.32 Å². The summed E-state index contributed by atoms with van der Waals surface area (Å²) >= 11 is 0. The highest BCUT2D eigenvalue weighted by Gasteiger charge is 2.41. The zero-order valence-electron chi connectivity index (χ0n) is 19.6. The maximum Gasteiger partial charge on any atom is 0.435 e. The summed E-state index contributed by atoms with van der Waals surface area (Å²) in [5, 5.41) is 12.4. The van der Waals surface area contributed by atoms with Gasteiger partial charge in [-0.25, -0.2) is 13.8 Å². The van der Waals surface area contributed by atoms with Gasteiger partial charge in [0.2, 0.25) is 5.92 Å². The van der Waals surface area contributed by atoms with Crippen molar-refractivity contribution in [2.24, 2.45) is 5.92 Å². The maximum absolute atomic E-state index is 13.8. The fourth-order valence-electron chi connectivity index (χ4n) is 3.99. The molecule has 186 valence electrons. The molecule has 2 aromatic rings. The van der Waals surface area contributed by atoms with Crippen LogP contribution in [0, 0.1) is 17.2 Å². The van der Waals surface area contributed by atoms with Gasteiger partial charge in [-0.3, -0.25) is 9.20 Å². The predicted octanol–water partition coefficient (Wildman–Crippen LogP) is 4.66. The zero-order valence-corrected chi connectivity index (χ0v) is 19.6. The van der Waals surface area contributed by atoms with Crippen LogP contribution in [-0.2, 0) is 12.6 Å². The van der Waals surface area contributed by atoms with Crippen LogP contribution in [0.4, 0.5) is 22.0 Å². The summed E-state index contributed by atoms with van der Waals surface area (Å²) in [7, 11) is 3.70. The topological polar surface area (TPSA) is 73.4 Å². The first kappa shape index (κ1) is 25.9. The number of carbonyl (C=O) groups is 1. The largest absolute Gasteiger partial charge is 0.435 e. The third kappa shape index (κ3) is 5.49.